The van der Waals surface area contributed by atoms with Crippen molar-refractivity contribution >= 4 is 66.4 Å². The van der Waals surface area contributed by atoms with Gasteiger partial charge in [0.1, 0.15) is 5.82 Å². The molecule has 0 spiro atoms. The number of anilines is 4. The monoisotopic (exact) mass is 915 g/mol. The molecule has 7 aromatic carbocycles. The molecule has 6 nitrogen and oxygen atoms in total. The maximum absolute atomic E-state index is 6.60. The first-order chi connectivity index (χ1) is 27.6. The standard InChI is InChI=1S/C50H34N5O.Pt/c1-33-20-24-44-42(26-33)43-31-51-50(30-47(43)52(44)2)55-45-19-10-9-18-40(45)41-23-22-39(29-48(41)55)56-38-17-11-16-37(28-38)54-32-53(36-14-7-4-8-15-36)46-25-21-35(27-49(46)54)34-12-5-3-6-13-34;/h3-27,30-32H,1-2H3;/q-3;. The summed E-state index contributed by atoms with van der Waals surface area (Å²) in [4.78, 5) is 9.46. The normalized spacial score (nSPS) is 12.5. The topological polar surface area (TPSA) is 38.5 Å². The molecule has 11 rings (SSSR count). The number of benzene rings is 7. The molecule has 4 heterocycles. The van der Waals surface area contributed by atoms with Crippen LogP contribution in [0.3, 0.4) is 0 Å². The van der Waals surface area contributed by atoms with E-state index in [9.17, 15) is 0 Å². The smallest absolute Gasteiger partial charge is 0.137 e. The van der Waals surface area contributed by atoms with Crippen LogP contribution < -0.4 is 14.5 Å². The molecule has 0 radical (unpaired) electrons. The number of hydrogen-bond donors (Lipinski definition) is 0. The molecular weight excluding hydrogens is 882 g/mol. The van der Waals surface area contributed by atoms with Crippen molar-refractivity contribution in [2.45, 2.75) is 6.92 Å². The second-order valence-electron chi connectivity index (χ2n) is 14.3. The number of aryl methyl sites for hydroxylation is 2. The van der Waals surface area contributed by atoms with E-state index in [1.807, 2.05) is 36.5 Å². The van der Waals surface area contributed by atoms with E-state index in [1.54, 1.807) is 0 Å². The first kappa shape index (κ1) is 34.8. The van der Waals surface area contributed by atoms with Crippen LogP contribution in [-0.2, 0) is 28.1 Å². The second kappa shape index (κ2) is 13.8. The molecule has 0 amide bonds. The number of fused-ring (bicyclic) bond motifs is 7. The molecule has 3 aromatic heterocycles. The van der Waals surface area contributed by atoms with Crippen molar-refractivity contribution in [2.75, 3.05) is 9.80 Å². The number of rotatable bonds is 6. The third-order valence-corrected chi connectivity index (χ3v) is 10.9. The first-order valence-electron chi connectivity index (χ1n) is 18.8. The number of aromatic nitrogens is 3. The maximum Gasteiger partial charge on any atom is 0.137 e. The van der Waals surface area contributed by atoms with E-state index in [2.05, 4.69) is 179 Å². The van der Waals surface area contributed by atoms with Crippen molar-refractivity contribution in [2.24, 2.45) is 7.05 Å². The van der Waals surface area contributed by atoms with Crippen LogP contribution in [0.2, 0.25) is 0 Å². The Balaban J connectivity index is 0.00000396. The predicted molar refractivity (Wildman–Crippen MR) is 228 cm³/mol. The minimum Gasteiger partial charge on any atom is -0.509 e. The molecule has 57 heavy (non-hydrogen) atoms. The van der Waals surface area contributed by atoms with E-state index in [1.165, 1.54) is 22.0 Å². The van der Waals surface area contributed by atoms with Crippen LogP contribution in [0.25, 0.3) is 60.6 Å². The zero-order chi connectivity index (χ0) is 37.3. The average Bonchev–Trinajstić information content (AvgIpc) is 3.88. The number of pyridine rings is 1. The Morgan fingerprint density at radius 2 is 1.35 bits per heavy atom. The molecule has 7 heteroatoms. The van der Waals surface area contributed by atoms with Crippen molar-refractivity contribution in [3.63, 3.8) is 0 Å². The van der Waals surface area contributed by atoms with E-state index >= 15 is 0 Å². The summed E-state index contributed by atoms with van der Waals surface area (Å²) < 4.78 is 11.0. The zero-order valence-electron chi connectivity index (χ0n) is 31.1. The molecule has 0 N–H and O–H groups in total. The minimum atomic E-state index is 0. The van der Waals surface area contributed by atoms with Crippen LogP contribution in [0.15, 0.2) is 164 Å². The fourth-order valence-corrected chi connectivity index (χ4v) is 8.21. The summed E-state index contributed by atoms with van der Waals surface area (Å²) in [5.41, 5.74) is 11.9. The molecule has 1 aliphatic rings. The van der Waals surface area contributed by atoms with Gasteiger partial charge in [-0.25, -0.2) is 4.98 Å². The van der Waals surface area contributed by atoms with Gasteiger partial charge in [0.2, 0.25) is 0 Å². The van der Waals surface area contributed by atoms with Crippen molar-refractivity contribution in [3.05, 3.63) is 188 Å². The third kappa shape index (κ3) is 5.79. The van der Waals surface area contributed by atoms with E-state index in [0.717, 1.165) is 66.8 Å². The molecule has 0 fully saturated rings. The van der Waals surface area contributed by atoms with Crippen LogP contribution in [-0.4, -0.2) is 14.1 Å². The molecule has 0 bridgehead atoms. The van der Waals surface area contributed by atoms with Gasteiger partial charge in [0, 0.05) is 90.7 Å². The second-order valence-corrected chi connectivity index (χ2v) is 14.3. The quantitative estimate of drug-likeness (QED) is 0.156. The van der Waals surface area contributed by atoms with Gasteiger partial charge < -0.3 is 23.7 Å². The average molecular weight is 916 g/mol. The summed E-state index contributed by atoms with van der Waals surface area (Å²) in [6.45, 7) is 4.26. The minimum absolute atomic E-state index is 0. The Kier molecular flexibility index (Phi) is 8.46. The largest absolute Gasteiger partial charge is 0.509 e. The predicted octanol–water partition coefficient (Wildman–Crippen LogP) is 12.6. The molecule has 0 unspecified atom stereocenters. The molecule has 0 aliphatic carbocycles. The molecule has 0 saturated heterocycles. The van der Waals surface area contributed by atoms with E-state index in [0.29, 0.717) is 11.5 Å². The van der Waals surface area contributed by atoms with Gasteiger partial charge in [0.25, 0.3) is 0 Å². The van der Waals surface area contributed by atoms with Crippen LogP contribution >= 0.6 is 0 Å². The Morgan fingerprint density at radius 1 is 0.561 bits per heavy atom. The third-order valence-electron chi connectivity index (χ3n) is 10.9. The van der Waals surface area contributed by atoms with Gasteiger partial charge in [-0.1, -0.05) is 89.9 Å². The Morgan fingerprint density at radius 3 is 2.21 bits per heavy atom. The fraction of sp³-hybridized carbons (Fsp3) is 0.0400. The zero-order valence-corrected chi connectivity index (χ0v) is 33.4. The van der Waals surface area contributed by atoms with Gasteiger partial charge in [-0.05, 0) is 65.9 Å². The van der Waals surface area contributed by atoms with E-state index in [-0.39, 0.29) is 21.1 Å². The molecular formula is C50H34N5OPt-3. The molecule has 0 atom stereocenters. The Labute approximate surface area is 345 Å². The van der Waals surface area contributed by atoms with Gasteiger partial charge in [0.15, 0.2) is 0 Å². The van der Waals surface area contributed by atoms with Gasteiger partial charge in [-0.2, -0.15) is 12.1 Å². The summed E-state index contributed by atoms with van der Waals surface area (Å²) in [5, 5.41) is 4.57. The van der Waals surface area contributed by atoms with Crippen LogP contribution in [0.5, 0.6) is 11.5 Å². The molecule has 1 aliphatic heterocycles. The van der Waals surface area contributed by atoms with Crippen LogP contribution in [0.1, 0.15) is 5.56 Å². The summed E-state index contributed by atoms with van der Waals surface area (Å²) in [7, 11) is 2.12. The first-order valence-corrected chi connectivity index (χ1v) is 18.8. The molecule has 278 valence electrons. The van der Waals surface area contributed by atoms with Crippen LogP contribution in [0.4, 0.5) is 22.7 Å². The van der Waals surface area contributed by atoms with Gasteiger partial charge in [-0.15, -0.1) is 48.1 Å². The number of nitrogens with zero attached hydrogens (tertiary/aromatic N) is 5. The van der Waals surface area contributed by atoms with Crippen molar-refractivity contribution in [1.82, 2.24) is 14.1 Å². The Hall–Kier alpha value is -6.62. The summed E-state index contributed by atoms with van der Waals surface area (Å²) in [5.74, 6) is 2.02. The van der Waals surface area contributed by atoms with Crippen LogP contribution in [0, 0.1) is 25.7 Å². The van der Waals surface area contributed by atoms with E-state index < -0.39 is 0 Å². The maximum atomic E-state index is 6.60. The summed E-state index contributed by atoms with van der Waals surface area (Å²) in [6, 6.07) is 62.1. The molecule has 0 saturated carbocycles. The van der Waals surface area contributed by atoms with Gasteiger partial charge in [-0.3, -0.25) is 0 Å². The number of para-hydroxylation sites is 2. The number of ether oxygens (including phenoxy) is 1. The molecule has 10 aromatic rings. The summed E-state index contributed by atoms with van der Waals surface area (Å²) >= 11 is 0. The summed E-state index contributed by atoms with van der Waals surface area (Å²) in [6.07, 6.45) is 2.00. The van der Waals surface area contributed by atoms with Crippen molar-refractivity contribution in [1.29, 1.82) is 0 Å². The fourth-order valence-electron chi connectivity index (χ4n) is 8.21. The van der Waals surface area contributed by atoms with Crippen molar-refractivity contribution < 1.29 is 25.8 Å². The SMILES string of the molecule is Cc1ccc2c(c1)c1cnc(-n3c4[c-]c(Oc5[c-]c(N6[CH-]N(c7ccccc7)c7ccc(-c8ccccc8)cc76)ccc5)ccc4c4ccccc43)cc1n2C.[Pt]. The van der Waals surface area contributed by atoms with Crippen molar-refractivity contribution in [3.8, 4) is 28.4 Å². The van der Waals surface area contributed by atoms with Gasteiger partial charge in [0.05, 0.1) is 5.52 Å². The Bertz CT molecular complexity index is 3130. The number of hydrogen-bond acceptors (Lipinski definition) is 4. The van der Waals surface area contributed by atoms with E-state index in [4.69, 9.17) is 9.72 Å². The van der Waals surface area contributed by atoms with Gasteiger partial charge >= 0.3 is 0 Å².